The predicted octanol–water partition coefficient (Wildman–Crippen LogP) is 3.73. The van der Waals surface area contributed by atoms with Gasteiger partial charge in [0.05, 0.1) is 6.07 Å². The average Bonchev–Trinajstić information content (AvgIpc) is 2.61. The van der Waals surface area contributed by atoms with Crippen molar-refractivity contribution in [3.8, 4) is 11.8 Å². The van der Waals surface area contributed by atoms with Crippen molar-refractivity contribution < 1.29 is 4.74 Å². The Labute approximate surface area is 131 Å². The van der Waals surface area contributed by atoms with Gasteiger partial charge in [0.15, 0.2) is 6.23 Å². The Balaban J connectivity index is 1.73. The number of rotatable bonds is 1. The minimum Gasteiger partial charge on any atom is -0.473 e. The van der Waals surface area contributed by atoms with Gasteiger partial charge < -0.3 is 4.74 Å². The van der Waals surface area contributed by atoms with Crippen molar-refractivity contribution in [2.75, 3.05) is 13.1 Å². The number of ether oxygens (including phenoxy) is 1. The van der Waals surface area contributed by atoms with Crippen molar-refractivity contribution in [3.63, 3.8) is 0 Å². The van der Waals surface area contributed by atoms with Gasteiger partial charge in [-0.25, -0.2) is 0 Å². The van der Waals surface area contributed by atoms with E-state index in [1.807, 2.05) is 0 Å². The van der Waals surface area contributed by atoms with Crippen LogP contribution in [0.1, 0.15) is 24.8 Å². The molecule has 1 fully saturated rings. The minimum absolute atomic E-state index is 0.0843. The molecular weight excluding hydrogens is 272 g/mol. The third-order valence-electron chi connectivity index (χ3n) is 4.93. The van der Waals surface area contributed by atoms with Crippen molar-refractivity contribution in [3.05, 3.63) is 42.0 Å². The highest BCUT2D eigenvalue weighted by Crippen LogP contribution is 2.37. The number of hydrogen-bond acceptors (Lipinski definition) is 3. The standard InChI is InChI=1S/C19H20N2O/c20-13-15-12-17-16-7-3-2-6-14(16)8-9-18(17)22-19(15)21-10-4-1-5-11-21/h2-3,6-9,15,19H,1,4-5,10-12H2/t15-,19+/m0/s1. The zero-order valence-electron chi connectivity index (χ0n) is 12.7. The molecule has 2 aliphatic rings. The van der Waals surface area contributed by atoms with Gasteiger partial charge in [-0.05, 0) is 36.1 Å². The highest BCUT2D eigenvalue weighted by atomic mass is 16.5. The fourth-order valence-electron chi connectivity index (χ4n) is 3.78. The Morgan fingerprint density at radius 2 is 1.86 bits per heavy atom. The molecule has 0 unspecified atom stereocenters. The second kappa shape index (κ2) is 5.62. The maximum atomic E-state index is 9.63. The number of likely N-dealkylation sites (tertiary alicyclic amines) is 1. The average molecular weight is 292 g/mol. The second-order valence-electron chi connectivity index (χ2n) is 6.31. The van der Waals surface area contributed by atoms with E-state index in [4.69, 9.17) is 4.74 Å². The van der Waals surface area contributed by atoms with E-state index in [1.54, 1.807) is 0 Å². The Morgan fingerprint density at radius 1 is 1.05 bits per heavy atom. The Kier molecular flexibility index (Phi) is 3.48. The van der Waals surface area contributed by atoms with Crippen LogP contribution in [0.3, 0.4) is 0 Å². The molecule has 0 amide bonds. The van der Waals surface area contributed by atoms with E-state index in [2.05, 4.69) is 47.4 Å². The molecule has 3 heteroatoms. The van der Waals surface area contributed by atoms with Crippen molar-refractivity contribution in [1.82, 2.24) is 4.90 Å². The van der Waals surface area contributed by atoms with Gasteiger partial charge >= 0.3 is 0 Å². The van der Waals surface area contributed by atoms with Gasteiger partial charge in [-0.3, -0.25) is 4.90 Å². The van der Waals surface area contributed by atoms with Crippen LogP contribution in [0.2, 0.25) is 0 Å². The highest BCUT2D eigenvalue weighted by molar-refractivity contribution is 5.88. The third kappa shape index (κ3) is 2.24. The van der Waals surface area contributed by atoms with Gasteiger partial charge in [0.25, 0.3) is 0 Å². The van der Waals surface area contributed by atoms with Crippen LogP contribution < -0.4 is 4.74 Å². The largest absolute Gasteiger partial charge is 0.473 e. The van der Waals surface area contributed by atoms with E-state index < -0.39 is 0 Å². The maximum Gasteiger partial charge on any atom is 0.168 e. The van der Waals surface area contributed by atoms with Crippen LogP contribution in [-0.4, -0.2) is 24.2 Å². The summed E-state index contributed by atoms with van der Waals surface area (Å²) in [7, 11) is 0. The van der Waals surface area contributed by atoms with E-state index in [9.17, 15) is 5.26 Å². The van der Waals surface area contributed by atoms with Crippen molar-refractivity contribution in [1.29, 1.82) is 5.26 Å². The van der Waals surface area contributed by atoms with Crippen LogP contribution in [0, 0.1) is 17.2 Å². The lowest BCUT2D eigenvalue weighted by Crippen LogP contribution is -2.49. The summed E-state index contributed by atoms with van der Waals surface area (Å²) >= 11 is 0. The van der Waals surface area contributed by atoms with E-state index in [0.29, 0.717) is 0 Å². The number of hydrogen-bond donors (Lipinski definition) is 0. The Morgan fingerprint density at radius 3 is 2.68 bits per heavy atom. The van der Waals surface area contributed by atoms with Crippen LogP contribution in [0.25, 0.3) is 10.8 Å². The first-order valence-electron chi connectivity index (χ1n) is 8.18. The summed E-state index contributed by atoms with van der Waals surface area (Å²) in [5.74, 6) is 0.872. The molecule has 0 aliphatic carbocycles. The topological polar surface area (TPSA) is 36.3 Å². The minimum atomic E-state index is -0.0867. The lowest BCUT2D eigenvalue weighted by Gasteiger charge is -2.40. The molecule has 0 saturated carbocycles. The lowest BCUT2D eigenvalue weighted by atomic mass is 9.90. The maximum absolute atomic E-state index is 9.63. The Hall–Kier alpha value is -2.05. The molecular formula is C19H20N2O. The molecule has 0 spiro atoms. The smallest absolute Gasteiger partial charge is 0.168 e. The monoisotopic (exact) mass is 292 g/mol. The first-order valence-corrected chi connectivity index (χ1v) is 8.18. The van der Waals surface area contributed by atoms with E-state index in [1.165, 1.54) is 35.6 Å². The summed E-state index contributed by atoms with van der Waals surface area (Å²) in [6, 6.07) is 15.0. The molecule has 0 bridgehead atoms. The quantitative estimate of drug-likeness (QED) is 0.803. The van der Waals surface area contributed by atoms with Gasteiger partial charge in [0.2, 0.25) is 0 Å². The first-order chi connectivity index (χ1) is 10.9. The number of benzene rings is 2. The van der Waals surface area contributed by atoms with Gasteiger partial charge in [-0.15, -0.1) is 0 Å². The summed E-state index contributed by atoms with van der Waals surface area (Å²) in [6.45, 7) is 2.09. The third-order valence-corrected chi connectivity index (χ3v) is 4.93. The van der Waals surface area contributed by atoms with Gasteiger partial charge in [-0.1, -0.05) is 36.8 Å². The normalized spacial score (nSPS) is 25.2. The van der Waals surface area contributed by atoms with Crippen LogP contribution in [0.15, 0.2) is 36.4 Å². The molecule has 3 nitrogen and oxygen atoms in total. The lowest BCUT2D eigenvalue weighted by molar-refractivity contribution is -0.0236. The first kappa shape index (κ1) is 13.6. The fourth-order valence-corrected chi connectivity index (χ4v) is 3.78. The Bertz CT molecular complexity index is 728. The summed E-state index contributed by atoms with van der Waals surface area (Å²) in [4.78, 5) is 2.36. The molecule has 2 heterocycles. The fraction of sp³-hybridized carbons (Fsp3) is 0.421. The number of nitriles is 1. The molecule has 2 aliphatic heterocycles. The number of fused-ring (bicyclic) bond motifs is 3. The van der Waals surface area contributed by atoms with Crippen molar-refractivity contribution in [2.45, 2.75) is 31.9 Å². The SMILES string of the molecule is N#C[C@@H]1Cc2c(ccc3ccccc23)O[C@H]1N1CCCCC1. The summed E-state index contributed by atoms with van der Waals surface area (Å²) < 4.78 is 6.29. The molecule has 2 atom stereocenters. The van der Waals surface area contributed by atoms with E-state index >= 15 is 0 Å². The highest BCUT2D eigenvalue weighted by Gasteiger charge is 2.35. The molecule has 22 heavy (non-hydrogen) atoms. The molecule has 0 N–H and O–H groups in total. The molecule has 112 valence electrons. The molecule has 0 radical (unpaired) electrons. The zero-order chi connectivity index (χ0) is 14.9. The van der Waals surface area contributed by atoms with Gasteiger partial charge in [0.1, 0.15) is 11.7 Å². The molecule has 2 aromatic rings. The second-order valence-corrected chi connectivity index (χ2v) is 6.31. The molecule has 1 saturated heterocycles. The molecule has 4 rings (SSSR count). The van der Waals surface area contributed by atoms with Crippen LogP contribution >= 0.6 is 0 Å². The summed E-state index contributed by atoms with van der Waals surface area (Å²) in [5, 5.41) is 12.1. The predicted molar refractivity (Wildman–Crippen MR) is 86.6 cm³/mol. The van der Waals surface area contributed by atoms with Gasteiger partial charge in [-0.2, -0.15) is 5.26 Å². The van der Waals surface area contributed by atoms with Crippen molar-refractivity contribution >= 4 is 10.8 Å². The van der Waals surface area contributed by atoms with E-state index in [-0.39, 0.29) is 12.1 Å². The number of piperidine rings is 1. The number of nitrogens with zero attached hydrogens (tertiary/aromatic N) is 2. The van der Waals surface area contributed by atoms with Crippen LogP contribution in [-0.2, 0) is 6.42 Å². The van der Waals surface area contributed by atoms with E-state index in [0.717, 1.165) is 25.3 Å². The molecule has 2 aromatic carbocycles. The van der Waals surface area contributed by atoms with Gasteiger partial charge in [0, 0.05) is 18.7 Å². The van der Waals surface area contributed by atoms with Crippen LogP contribution in [0.5, 0.6) is 5.75 Å². The zero-order valence-corrected chi connectivity index (χ0v) is 12.7. The van der Waals surface area contributed by atoms with Crippen molar-refractivity contribution in [2.24, 2.45) is 5.92 Å². The summed E-state index contributed by atoms with van der Waals surface area (Å²) in [6.07, 6.45) is 4.42. The molecule has 0 aromatic heterocycles. The summed E-state index contributed by atoms with van der Waals surface area (Å²) in [5.41, 5.74) is 1.19. The van der Waals surface area contributed by atoms with Crippen LogP contribution in [0.4, 0.5) is 0 Å².